The SMILES string of the molecule is COc1cc(N)cc(N(CCO)CC(F)(F)F)c1. The van der Waals surface area contributed by atoms with Crippen LogP contribution in [-0.4, -0.2) is 38.1 Å². The minimum absolute atomic E-state index is 0.133. The highest BCUT2D eigenvalue weighted by molar-refractivity contribution is 5.60. The maximum absolute atomic E-state index is 12.4. The molecule has 4 nitrogen and oxygen atoms in total. The van der Waals surface area contributed by atoms with Gasteiger partial charge in [-0.2, -0.15) is 13.2 Å². The zero-order valence-corrected chi connectivity index (χ0v) is 9.87. The molecule has 7 heteroatoms. The molecule has 0 unspecified atom stereocenters. The van der Waals surface area contributed by atoms with Crippen molar-refractivity contribution in [1.29, 1.82) is 0 Å². The molecular weight excluding hydrogens is 249 g/mol. The van der Waals surface area contributed by atoms with Crippen molar-refractivity contribution >= 4 is 11.4 Å². The number of nitrogens with zero attached hydrogens (tertiary/aromatic N) is 1. The highest BCUT2D eigenvalue weighted by Gasteiger charge is 2.31. The highest BCUT2D eigenvalue weighted by atomic mass is 19.4. The lowest BCUT2D eigenvalue weighted by Crippen LogP contribution is -2.36. The molecule has 0 aliphatic rings. The van der Waals surface area contributed by atoms with Crippen molar-refractivity contribution < 1.29 is 23.0 Å². The summed E-state index contributed by atoms with van der Waals surface area (Å²) in [6.45, 7) is -1.67. The van der Waals surface area contributed by atoms with E-state index in [9.17, 15) is 13.2 Å². The second kappa shape index (κ2) is 5.81. The second-order valence-corrected chi connectivity index (χ2v) is 3.72. The van der Waals surface area contributed by atoms with Gasteiger partial charge in [0.1, 0.15) is 12.3 Å². The van der Waals surface area contributed by atoms with Crippen molar-refractivity contribution in [3.63, 3.8) is 0 Å². The van der Waals surface area contributed by atoms with Gasteiger partial charge in [0, 0.05) is 30.1 Å². The summed E-state index contributed by atoms with van der Waals surface area (Å²) < 4.78 is 42.2. The van der Waals surface area contributed by atoms with E-state index in [1.165, 1.54) is 25.3 Å². The molecule has 0 aliphatic carbocycles. The molecule has 102 valence electrons. The topological polar surface area (TPSA) is 58.7 Å². The Morgan fingerprint density at radius 2 is 2.00 bits per heavy atom. The van der Waals surface area contributed by atoms with E-state index in [1.807, 2.05) is 0 Å². The molecule has 0 spiro atoms. The molecule has 1 rings (SSSR count). The normalized spacial score (nSPS) is 11.4. The monoisotopic (exact) mass is 264 g/mol. The van der Waals surface area contributed by atoms with Crippen LogP contribution in [0.4, 0.5) is 24.5 Å². The molecule has 0 fully saturated rings. The number of anilines is 2. The van der Waals surface area contributed by atoms with Crippen LogP contribution in [0.25, 0.3) is 0 Å². The standard InChI is InChI=1S/C11H15F3N2O2/c1-18-10-5-8(15)4-9(6-10)16(2-3-17)7-11(12,13)14/h4-6,17H,2-3,7,15H2,1H3. The summed E-state index contributed by atoms with van der Waals surface area (Å²) >= 11 is 0. The third-order valence-corrected chi connectivity index (χ3v) is 2.25. The number of hydrogen-bond acceptors (Lipinski definition) is 4. The first-order valence-electron chi connectivity index (χ1n) is 5.23. The minimum Gasteiger partial charge on any atom is -0.497 e. The van der Waals surface area contributed by atoms with Gasteiger partial charge in [-0.3, -0.25) is 0 Å². The molecule has 0 radical (unpaired) electrons. The van der Waals surface area contributed by atoms with Gasteiger partial charge < -0.3 is 20.5 Å². The Morgan fingerprint density at radius 1 is 1.33 bits per heavy atom. The van der Waals surface area contributed by atoms with E-state index in [4.69, 9.17) is 15.6 Å². The number of rotatable bonds is 5. The van der Waals surface area contributed by atoms with Crippen LogP contribution in [0.15, 0.2) is 18.2 Å². The predicted molar refractivity (Wildman–Crippen MR) is 62.8 cm³/mol. The van der Waals surface area contributed by atoms with Crippen LogP contribution in [-0.2, 0) is 0 Å². The summed E-state index contributed by atoms with van der Waals surface area (Å²) in [7, 11) is 1.40. The van der Waals surface area contributed by atoms with Gasteiger partial charge in [-0.05, 0) is 6.07 Å². The van der Waals surface area contributed by atoms with Crippen molar-refractivity contribution in [2.45, 2.75) is 6.18 Å². The molecule has 0 aromatic heterocycles. The third kappa shape index (κ3) is 4.33. The Kier molecular flexibility index (Phi) is 4.66. The van der Waals surface area contributed by atoms with Crippen LogP contribution in [0.5, 0.6) is 5.75 Å². The Hall–Kier alpha value is -1.63. The summed E-state index contributed by atoms with van der Waals surface area (Å²) in [4.78, 5) is 0.999. The van der Waals surface area contributed by atoms with Crippen LogP contribution < -0.4 is 15.4 Å². The van der Waals surface area contributed by atoms with Crippen LogP contribution in [0.1, 0.15) is 0 Å². The Labute approximate surface area is 103 Å². The smallest absolute Gasteiger partial charge is 0.405 e. The van der Waals surface area contributed by atoms with E-state index in [0.29, 0.717) is 11.4 Å². The number of halogens is 3. The number of hydrogen-bond donors (Lipinski definition) is 2. The zero-order chi connectivity index (χ0) is 13.8. The molecule has 0 bridgehead atoms. The average molecular weight is 264 g/mol. The van der Waals surface area contributed by atoms with E-state index in [0.717, 1.165) is 4.90 Å². The lowest BCUT2D eigenvalue weighted by Gasteiger charge is -2.25. The van der Waals surface area contributed by atoms with Crippen LogP contribution in [0.2, 0.25) is 0 Å². The number of methoxy groups -OCH3 is 1. The number of nitrogen functional groups attached to an aromatic ring is 1. The fourth-order valence-corrected chi connectivity index (χ4v) is 1.54. The summed E-state index contributed by atoms with van der Waals surface area (Å²) in [5.41, 5.74) is 6.14. The van der Waals surface area contributed by atoms with Crippen LogP contribution in [0.3, 0.4) is 0 Å². The number of benzene rings is 1. The van der Waals surface area contributed by atoms with Crippen molar-refractivity contribution in [1.82, 2.24) is 0 Å². The Balaban J connectivity index is 3.01. The van der Waals surface area contributed by atoms with Crippen LogP contribution >= 0.6 is 0 Å². The first kappa shape index (κ1) is 14.4. The van der Waals surface area contributed by atoms with Gasteiger partial charge in [-0.25, -0.2) is 0 Å². The molecule has 1 aromatic rings. The van der Waals surface area contributed by atoms with E-state index < -0.39 is 12.7 Å². The van der Waals surface area contributed by atoms with Gasteiger partial charge in [-0.15, -0.1) is 0 Å². The minimum atomic E-state index is -4.35. The summed E-state index contributed by atoms with van der Waals surface area (Å²) in [5.74, 6) is 0.370. The number of alkyl halides is 3. The van der Waals surface area contributed by atoms with Gasteiger partial charge >= 0.3 is 6.18 Å². The summed E-state index contributed by atoms with van der Waals surface area (Å²) in [6, 6.07) is 4.36. The Morgan fingerprint density at radius 3 is 2.50 bits per heavy atom. The molecule has 0 aliphatic heterocycles. The summed E-state index contributed by atoms with van der Waals surface area (Å²) in [5, 5.41) is 8.82. The lowest BCUT2D eigenvalue weighted by molar-refractivity contribution is -0.119. The van der Waals surface area contributed by atoms with Gasteiger partial charge in [0.2, 0.25) is 0 Å². The average Bonchev–Trinajstić information content (AvgIpc) is 2.26. The fourth-order valence-electron chi connectivity index (χ4n) is 1.54. The second-order valence-electron chi connectivity index (χ2n) is 3.72. The number of nitrogens with two attached hydrogens (primary N) is 1. The van der Waals surface area contributed by atoms with E-state index in [-0.39, 0.29) is 18.8 Å². The highest BCUT2D eigenvalue weighted by Crippen LogP contribution is 2.27. The number of ether oxygens (including phenoxy) is 1. The lowest BCUT2D eigenvalue weighted by atomic mass is 10.2. The molecular formula is C11H15F3N2O2. The number of aliphatic hydroxyl groups excluding tert-OH is 1. The molecule has 1 aromatic carbocycles. The van der Waals surface area contributed by atoms with Crippen molar-refractivity contribution in [2.75, 3.05) is 37.4 Å². The van der Waals surface area contributed by atoms with Gasteiger partial charge in [0.15, 0.2) is 0 Å². The molecule has 3 N–H and O–H groups in total. The van der Waals surface area contributed by atoms with Crippen molar-refractivity contribution in [3.8, 4) is 5.75 Å². The first-order valence-corrected chi connectivity index (χ1v) is 5.23. The number of aliphatic hydroxyl groups is 1. The van der Waals surface area contributed by atoms with Gasteiger partial charge in [0.05, 0.1) is 13.7 Å². The molecule has 0 saturated carbocycles. The maximum atomic E-state index is 12.4. The molecule has 0 amide bonds. The summed E-state index contributed by atoms with van der Waals surface area (Å²) in [6.07, 6.45) is -4.35. The van der Waals surface area contributed by atoms with Gasteiger partial charge in [0.25, 0.3) is 0 Å². The van der Waals surface area contributed by atoms with Gasteiger partial charge in [-0.1, -0.05) is 0 Å². The van der Waals surface area contributed by atoms with E-state index in [2.05, 4.69) is 0 Å². The molecule has 18 heavy (non-hydrogen) atoms. The van der Waals surface area contributed by atoms with E-state index >= 15 is 0 Å². The molecule has 0 atom stereocenters. The molecule has 0 saturated heterocycles. The fraction of sp³-hybridized carbons (Fsp3) is 0.455. The van der Waals surface area contributed by atoms with Crippen LogP contribution in [0, 0.1) is 0 Å². The molecule has 0 heterocycles. The van der Waals surface area contributed by atoms with Crippen molar-refractivity contribution in [3.05, 3.63) is 18.2 Å². The Bertz CT molecular complexity index is 396. The third-order valence-electron chi connectivity index (χ3n) is 2.25. The first-order chi connectivity index (χ1) is 8.35. The van der Waals surface area contributed by atoms with Crippen molar-refractivity contribution in [2.24, 2.45) is 0 Å². The largest absolute Gasteiger partial charge is 0.497 e. The quantitative estimate of drug-likeness (QED) is 0.794. The predicted octanol–water partition coefficient (Wildman–Crippen LogP) is 1.64. The van der Waals surface area contributed by atoms with E-state index in [1.54, 1.807) is 0 Å². The maximum Gasteiger partial charge on any atom is 0.405 e. The zero-order valence-electron chi connectivity index (χ0n) is 9.87.